The minimum absolute atomic E-state index is 0.0790. The van der Waals surface area contributed by atoms with Gasteiger partial charge in [-0.1, -0.05) is 13.8 Å². The van der Waals surface area contributed by atoms with E-state index < -0.39 is 0 Å². The van der Waals surface area contributed by atoms with Gasteiger partial charge in [-0.25, -0.2) is 4.98 Å². The maximum Gasteiger partial charge on any atom is 0.227 e. The van der Waals surface area contributed by atoms with Gasteiger partial charge in [-0.3, -0.25) is 4.79 Å². The number of anilines is 1. The Hall–Kier alpha value is -0.610. The number of hydrogen-bond donors (Lipinski definition) is 1. The average molecular weight is 233 g/mol. The summed E-state index contributed by atoms with van der Waals surface area (Å²) in [4.78, 5) is 15.4. The number of alkyl halides is 1. The van der Waals surface area contributed by atoms with Gasteiger partial charge >= 0.3 is 0 Å². The zero-order valence-corrected chi connectivity index (χ0v) is 9.78. The van der Waals surface area contributed by atoms with Crippen LogP contribution in [0.5, 0.6) is 0 Å². The highest BCUT2D eigenvalue weighted by molar-refractivity contribution is 7.13. The van der Waals surface area contributed by atoms with Crippen LogP contribution in [0, 0.1) is 0 Å². The van der Waals surface area contributed by atoms with Crippen molar-refractivity contribution < 1.29 is 4.79 Å². The summed E-state index contributed by atoms with van der Waals surface area (Å²) in [5, 5.41) is 5.32. The molecule has 0 aliphatic heterocycles. The van der Waals surface area contributed by atoms with E-state index in [1.165, 1.54) is 11.3 Å². The lowest BCUT2D eigenvalue weighted by Gasteiger charge is -1.99. The molecule has 1 rings (SSSR count). The Bertz CT molecular complexity index is 312. The van der Waals surface area contributed by atoms with Crippen molar-refractivity contribution in [2.45, 2.75) is 26.2 Å². The lowest BCUT2D eigenvalue weighted by molar-refractivity contribution is -0.115. The highest BCUT2D eigenvalue weighted by Crippen LogP contribution is 2.21. The molecule has 1 N–H and O–H groups in total. The highest BCUT2D eigenvalue weighted by Gasteiger charge is 2.07. The predicted octanol–water partition coefficient (Wildman–Crippen LogP) is 2.83. The van der Waals surface area contributed by atoms with Crippen molar-refractivity contribution >= 4 is 34.0 Å². The van der Waals surface area contributed by atoms with E-state index >= 15 is 0 Å². The third kappa shape index (κ3) is 3.27. The molecule has 1 heterocycles. The molecule has 0 radical (unpaired) electrons. The van der Waals surface area contributed by atoms with Gasteiger partial charge in [0.2, 0.25) is 5.91 Å². The quantitative estimate of drug-likeness (QED) is 0.812. The van der Waals surface area contributed by atoms with Gasteiger partial charge in [0, 0.05) is 17.7 Å². The van der Waals surface area contributed by atoms with Crippen LogP contribution in [-0.4, -0.2) is 16.8 Å². The van der Waals surface area contributed by atoms with Crippen molar-refractivity contribution in [2.24, 2.45) is 0 Å². The van der Waals surface area contributed by atoms with Crippen LogP contribution >= 0.6 is 22.9 Å². The number of carbonyl (C=O) groups is 1. The SMILES string of the molecule is CC(C)c1csc(NC(=O)CCCl)n1. The van der Waals surface area contributed by atoms with E-state index in [9.17, 15) is 4.79 Å². The van der Waals surface area contributed by atoms with E-state index in [1.54, 1.807) is 0 Å². The van der Waals surface area contributed by atoms with Crippen molar-refractivity contribution in [3.63, 3.8) is 0 Å². The molecule has 0 aromatic carbocycles. The zero-order chi connectivity index (χ0) is 10.6. The Morgan fingerprint density at radius 3 is 2.93 bits per heavy atom. The molecule has 0 aliphatic carbocycles. The monoisotopic (exact) mass is 232 g/mol. The fourth-order valence-corrected chi connectivity index (χ4v) is 1.94. The maximum absolute atomic E-state index is 11.2. The first-order valence-electron chi connectivity index (χ1n) is 4.44. The Kier molecular flexibility index (Phi) is 4.35. The van der Waals surface area contributed by atoms with Crippen LogP contribution < -0.4 is 5.32 Å². The van der Waals surface area contributed by atoms with E-state index in [2.05, 4.69) is 24.1 Å². The largest absolute Gasteiger partial charge is 0.302 e. The van der Waals surface area contributed by atoms with Crippen LogP contribution in [0.4, 0.5) is 5.13 Å². The van der Waals surface area contributed by atoms with Gasteiger partial charge in [0.25, 0.3) is 0 Å². The molecular formula is C9H13ClN2OS. The number of nitrogens with one attached hydrogen (secondary N) is 1. The third-order valence-electron chi connectivity index (χ3n) is 1.68. The molecule has 14 heavy (non-hydrogen) atoms. The summed E-state index contributed by atoms with van der Waals surface area (Å²) in [6.07, 6.45) is 0.331. The van der Waals surface area contributed by atoms with E-state index in [-0.39, 0.29) is 5.91 Å². The van der Waals surface area contributed by atoms with Gasteiger partial charge in [-0.15, -0.1) is 22.9 Å². The highest BCUT2D eigenvalue weighted by atomic mass is 35.5. The third-order valence-corrected chi connectivity index (χ3v) is 2.65. The van der Waals surface area contributed by atoms with Gasteiger partial charge in [-0.2, -0.15) is 0 Å². The summed E-state index contributed by atoms with van der Waals surface area (Å²) in [6, 6.07) is 0. The lowest BCUT2D eigenvalue weighted by atomic mass is 10.2. The molecule has 3 nitrogen and oxygen atoms in total. The molecule has 0 unspecified atom stereocenters. The molecule has 1 aromatic rings. The van der Waals surface area contributed by atoms with Crippen molar-refractivity contribution in [1.82, 2.24) is 4.98 Å². The molecule has 0 aliphatic rings. The van der Waals surface area contributed by atoms with E-state index in [1.807, 2.05) is 5.38 Å². The van der Waals surface area contributed by atoms with Gasteiger partial charge in [0.05, 0.1) is 5.69 Å². The number of aromatic nitrogens is 1. The average Bonchev–Trinajstić information content (AvgIpc) is 2.53. The second kappa shape index (κ2) is 5.32. The molecule has 0 fully saturated rings. The van der Waals surface area contributed by atoms with E-state index in [4.69, 9.17) is 11.6 Å². The molecule has 0 bridgehead atoms. The van der Waals surface area contributed by atoms with Crippen LogP contribution in [-0.2, 0) is 4.79 Å². The minimum Gasteiger partial charge on any atom is -0.302 e. The molecular weight excluding hydrogens is 220 g/mol. The number of carbonyl (C=O) groups excluding carboxylic acids is 1. The van der Waals surface area contributed by atoms with Gasteiger partial charge in [0.1, 0.15) is 0 Å². The standard InChI is InChI=1S/C9H13ClN2OS/c1-6(2)7-5-14-9(11-7)12-8(13)3-4-10/h5-6H,3-4H2,1-2H3,(H,11,12,13). The summed E-state index contributed by atoms with van der Waals surface area (Å²) < 4.78 is 0. The molecule has 1 aromatic heterocycles. The van der Waals surface area contributed by atoms with Crippen LogP contribution in [0.25, 0.3) is 0 Å². The molecule has 1 amide bonds. The van der Waals surface area contributed by atoms with E-state index in [0.29, 0.717) is 23.4 Å². The van der Waals surface area contributed by atoms with Crippen LogP contribution in [0.15, 0.2) is 5.38 Å². The Labute approximate surface area is 92.5 Å². The van der Waals surface area contributed by atoms with Gasteiger partial charge in [-0.05, 0) is 5.92 Å². The first-order chi connectivity index (χ1) is 6.63. The van der Waals surface area contributed by atoms with Crippen molar-refractivity contribution in [3.05, 3.63) is 11.1 Å². The Morgan fingerprint density at radius 1 is 1.71 bits per heavy atom. The smallest absolute Gasteiger partial charge is 0.227 e. The fraction of sp³-hybridized carbons (Fsp3) is 0.556. The summed E-state index contributed by atoms with van der Waals surface area (Å²) in [5.74, 6) is 0.656. The molecule has 0 saturated carbocycles. The maximum atomic E-state index is 11.2. The Balaban J connectivity index is 2.55. The normalized spacial score (nSPS) is 10.6. The van der Waals surface area contributed by atoms with Crippen molar-refractivity contribution in [2.75, 3.05) is 11.2 Å². The van der Waals surface area contributed by atoms with Crippen molar-refractivity contribution in [1.29, 1.82) is 0 Å². The predicted molar refractivity (Wildman–Crippen MR) is 60.2 cm³/mol. The zero-order valence-electron chi connectivity index (χ0n) is 8.21. The summed E-state index contributed by atoms with van der Waals surface area (Å²) in [5.41, 5.74) is 1.01. The summed E-state index contributed by atoms with van der Waals surface area (Å²) in [6.45, 7) is 4.14. The summed E-state index contributed by atoms with van der Waals surface area (Å²) in [7, 11) is 0. The fourth-order valence-electron chi connectivity index (χ4n) is 0.876. The van der Waals surface area contributed by atoms with E-state index in [0.717, 1.165) is 5.69 Å². The number of thiazole rings is 1. The second-order valence-corrected chi connectivity index (χ2v) is 4.46. The van der Waals surface area contributed by atoms with Crippen molar-refractivity contribution in [3.8, 4) is 0 Å². The first kappa shape index (κ1) is 11.5. The summed E-state index contributed by atoms with van der Waals surface area (Å²) >= 11 is 6.89. The molecule has 78 valence electrons. The number of amides is 1. The number of rotatable bonds is 4. The number of halogens is 1. The minimum atomic E-state index is -0.0790. The molecule has 0 spiro atoms. The van der Waals surface area contributed by atoms with Crippen LogP contribution in [0.2, 0.25) is 0 Å². The molecule has 5 heteroatoms. The van der Waals surface area contributed by atoms with Gasteiger partial charge < -0.3 is 5.32 Å². The van der Waals surface area contributed by atoms with Gasteiger partial charge in [0.15, 0.2) is 5.13 Å². The molecule has 0 atom stereocenters. The number of hydrogen-bond acceptors (Lipinski definition) is 3. The number of nitrogens with zero attached hydrogens (tertiary/aromatic N) is 1. The Morgan fingerprint density at radius 2 is 2.43 bits per heavy atom. The second-order valence-electron chi connectivity index (χ2n) is 3.22. The van der Waals surface area contributed by atoms with Crippen LogP contribution in [0.3, 0.4) is 0 Å². The van der Waals surface area contributed by atoms with Crippen LogP contribution in [0.1, 0.15) is 31.9 Å². The molecule has 0 saturated heterocycles. The lowest BCUT2D eigenvalue weighted by Crippen LogP contribution is -2.11. The first-order valence-corrected chi connectivity index (χ1v) is 5.86. The topological polar surface area (TPSA) is 42.0 Å².